The van der Waals surface area contributed by atoms with E-state index in [1.807, 2.05) is 0 Å². The van der Waals surface area contributed by atoms with E-state index >= 15 is 0 Å². The lowest BCUT2D eigenvalue weighted by molar-refractivity contribution is -0.0689. The minimum atomic E-state index is -3.22. The zero-order valence-corrected chi connectivity index (χ0v) is 11.3. The molecule has 1 aromatic carbocycles. The molecule has 0 heterocycles. The van der Waals surface area contributed by atoms with Crippen LogP contribution in [-0.4, -0.2) is 19.8 Å². The van der Waals surface area contributed by atoms with Gasteiger partial charge in [0.25, 0.3) is 5.92 Å². The van der Waals surface area contributed by atoms with Crippen LogP contribution in [0.2, 0.25) is 0 Å². The Hall–Kier alpha value is -1.36. The Morgan fingerprint density at radius 2 is 1.56 bits per heavy atom. The van der Waals surface area contributed by atoms with Gasteiger partial charge < -0.3 is 15.2 Å². The first-order chi connectivity index (χ1) is 8.15. The summed E-state index contributed by atoms with van der Waals surface area (Å²) in [4.78, 5) is 0. The van der Waals surface area contributed by atoms with Crippen LogP contribution in [0.5, 0.6) is 11.5 Å². The lowest BCUT2D eigenvalue weighted by Crippen LogP contribution is -2.48. The van der Waals surface area contributed by atoms with Gasteiger partial charge in [0, 0.05) is 0 Å². The van der Waals surface area contributed by atoms with Crippen molar-refractivity contribution in [1.82, 2.24) is 0 Å². The molecule has 0 atom stereocenters. The zero-order valence-electron chi connectivity index (χ0n) is 11.3. The summed E-state index contributed by atoms with van der Waals surface area (Å²) in [6.07, 6.45) is 0. The summed E-state index contributed by atoms with van der Waals surface area (Å²) in [5, 5.41) is 0. The third-order valence-corrected chi connectivity index (χ3v) is 2.86. The highest BCUT2D eigenvalue weighted by molar-refractivity contribution is 5.48. The number of hydrogen-bond donors (Lipinski definition) is 1. The normalized spacial score (nSPS) is 12.4. The van der Waals surface area contributed by atoms with E-state index < -0.39 is 11.5 Å². The average Bonchev–Trinajstić information content (AvgIpc) is 2.26. The molecular formula is C13H19F2NO2. The Balaban J connectivity index is 3.48. The van der Waals surface area contributed by atoms with Crippen molar-refractivity contribution in [2.45, 2.75) is 32.2 Å². The minimum absolute atomic E-state index is 0.108. The topological polar surface area (TPSA) is 44.5 Å². The third-order valence-electron chi connectivity index (χ3n) is 2.86. The monoisotopic (exact) mass is 259 g/mol. The van der Waals surface area contributed by atoms with Crippen molar-refractivity contribution in [2.24, 2.45) is 5.73 Å². The van der Waals surface area contributed by atoms with Crippen LogP contribution in [0.1, 0.15) is 25.0 Å². The number of ether oxygens (including phenoxy) is 2. The number of hydrogen-bond acceptors (Lipinski definition) is 3. The highest BCUT2D eigenvalue weighted by Crippen LogP contribution is 2.44. The summed E-state index contributed by atoms with van der Waals surface area (Å²) < 4.78 is 38.7. The Morgan fingerprint density at radius 3 is 1.94 bits per heavy atom. The van der Waals surface area contributed by atoms with Gasteiger partial charge in [-0.05, 0) is 38.5 Å². The van der Waals surface area contributed by atoms with Gasteiger partial charge in [0.2, 0.25) is 0 Å². The molecule has 0 radical (unpaired) electrons. The van der Waals surface area contributed by atoms with Crippen molar-refractivity contribution in [3.05, 3.63) is 23.3 Å². The highest BCUT2D eigenvalue weighted by Gasteiger charge is 2.47. The zero-order chi connectivity index (χ0) is 14.1. The largest absolute Gasteiger partial charge is 0.496 e. The molecule has 2 N–H and O–H groups in total. The van der Waals surface area contributed by atoms with Gasteiger partial charge in [-0.15, -0.1) is 0 Å². The fourth-order valence-electron chi connectivity index (χ4n) is 1.64. The molecule has 0 aliphatic rings. The smallest absolute Gasteiger partial charge is 0.293 e. The Kier molecular flexibility index (Phi) is 3.86. The second-order valence-corrected chi connectivity index (χ2v) is 4.82. The van der Waals surface area contributed by atoms with Gasteiger partial charge >= 0.3 is 0 Å². The van der Waals surface area contributed by atoms with E-state index in [4.69, 9.17) is 15.2 Å². The molecule has 0 saturated carbocycles. The van der Waals surface area contributed by atoms with Crippen LogP contribution in [0.3, 0.4) is 0 Å². The Labute approximate surface area is 106 Å². The fourth-order valence-corrected chi connectivity index (χ4v) is 1.64. The third kappa shape index (κ3) is 2.41. The van der Waals surface area contributed by atoms with Crippen molar-refractivity contribution in [1.29, 1.82) is 0 Å². The first kappa shape index (κ1) is 14.7. The van der Waals surface area contributed by atoms with Crippen LogP contribution in [-0.2, 0) is 5.92 Å². The lowest BCUT2D eigenvalue weighted by atomic mass is 9.89. The lowest BCUT2D eigenvalue weighted by Gasteiger charge is -2.31. The van der Waals surface area contributed by atoms with Gasteiger partial charge in [0.15, 0.2) is 0 Å². The molecular weight excluding hydrogens is 240 g/mol. The van der Waals surface area contributed by atoms with Crippen molar-refractivity contribution < 1.29 is 18.3 Å². The first-order valence-corrected chi connectivity index (χ1v) is 5.55. The van der Waals surface area contributed by atoms with Crippen molar-refractivity contribution in [3.8, 4) is 11.5 Å². The van der Waals surface area contributed by atoms with Crippen molar-refractivity contribution in [3.63, 3.8) is 0 Å². The second-order valence-electron chi connectivity index (χ2n) is 4.82. The summed E-state index contributed by atoms with van der Waals surface area (Å²) in [7, 11) is 2.79. The van der Waals surface area contributed by atoms with E-state index in [1.165, 1.54) is 40.2 Å². The number of benzene rings is 1. The number of nitrogens with two attached hydrogens (primary N) is 1. The van der Waals surface area contributed by atoms with Crippen LogP contribution in [0.25, 0.3) is 0 Å². The summed E-state index contributed by atoms with van der Waals surface area (Å²) >= 11 is 0. The molecule has 0 fully saturated rings. The maximum absolute atomic E-state index is 14.3. The van der Waals surface area contributed by atoms with Crippen molar-refractivity contribution >= 4 is 0 Å². The summed E-state index contributed by atoms with van der Waals surface area (Å²) in [5.74, 6) is -2.73. The molecule has 3 nitrogen and oxygen atoms in total. The van der Waals surface area contributed by atoms with Gasteiger partial charge in [0.05, 0.1) is 25.3 Å². The van der Waals surface area contributed by atoms with E-state index in [1.54, 1.807) is 6.92 Å². The quantitative estimate of drug-likeness (QED) is 0.904. The molecule has 1 aromatic rings. The average molecular weight is 259 g/mol. The van der Waals surface area contributed by atoms with Gasteiger partial charge in [0.1, 0.15) is 11.5 Å². The van der Waals surface area contributed by atoms with Gasteiger partial charge in [-0.3, -0.25) is 0 Å². The molecule has 0 saturated heterocycles. The number of halogens is 2. The number of aryl methyl sites for hydroxylation is 1. The van der Waals surface area contributed by atoms with Gasteiger partial charge in [-0.2, -0.15) is 8.78 Å². The predicted octanol–water partition coefficient (Wildman–Crippen LogP) is 2.84. The van der Waals surface area contributed by atoms with E-state index in [0.29, 0.717) is 5.75 Å². The summed E-state index contributed by atoms with van der Waals surface area (Å²) in [5.41, 5.74) is 4.32. The summed E-state index contributed by atoms with van der Waals surface area (Å²) in [6, 6.07) is 2.80. The van der Waals surface area contributed by atoms with Crippen LogP contribution in [0.15, 0.2) is 12.1 Å². The van der Waals surface area contributed by atoms with E-state index in [-0.39, 0.29) is 11.3 Å². The van der Waals surface area contributed by atoms with E-state index in [9.17, 15) is 8.78 Å². The van der Waals surface area contributed by atoms with Crippen LogP contribution >= 0.6 is 0 Å². The number of methoxy groups -OCH3 is 2. The second kappa shape index (κ2) is 4.72. The molecule has 0 aliphatic carbocycles. The molecule has 1 rings (SSSR count). The SMILES string of the molecule is COc1cc(C(F)(F)C(C)(C)N)c(OC)cc1C. The molecule has 5 heteroatoms. The molecule has 0 unspecified atom stereocenters. The Morgan fingerprint density at radius 1 is 1.06 bits per heavy atom. The fraction of sp³-hybridized carbons (Fsp3) is 0.538. The van der Waals surface area contributed by atoms with Gasteiger partial charge in [-0.25, -0.2) is 0 Å². The molecule has 102 valence electrons. The molecule has 0 aromatic heterocycles. The van der Waals surface area contributed by atoms with Crippen LogP contribution < -0.4 is 15.2 Å². The Bertz CT molecular complexity index is 439. The molecule has 0 amide bonds. The maximum atomic E-state index is 14.3. The highest BCUT2D eigenvalue weighted by atomic mass is 19.3. The molecule has 18 heavy (non-hydrogen) atoms. The molecule has 0 bridgehead atoms. The molecule has 0 aliphatic heterocycles. The van der Waals surface area contributed by atoms with Crippen LogP contribution in [0.4, 0.5) is 8.78 Å². The summed E-state index contributed by atoms with van der Waals surface area (Å²) in [6.45, 7) is 4.31. The van der Waals surface area contributed by atoms with Gasteiger partial charge in [-0.1, -0.05) is 0 Å². The van der Waals surface area contributed by atoms with E-state index in [2.05, 4.69) is 0 Å². The van der Waals surface area contributed by atoms with Crippen molar-refractivity contribution in [2.75, 3.05) is 14.2 Å². The molecule has 0 spiro atoms. The standard InChI is InChI=1S/C13H19F2NO2/c1-8-6-11(18-5)9(7-10(8)17-4)13(14,15)12(2,3)16/h6-7H,16H2,1-5H3. The minimum Gasteiger partial charge on any atom is -0.496 e. The number of rotatable bonds is 4. The first-order valence-electron chi connectivity index (χ1n) is 5.55. The predicted molar refractivity (Wildman–Crippen MR) is 66.4 cm³/mol. The maximum Gasteiger partial charge on any atom is 0.293 e. The number of alkyl halides is 2. The van der Waals surface area contributed by atoms with E-state index in [0.717, 1.165) is 5.56 Å². The van der Waals surface area contributed by atoms with Crippen LogP contribution in [0, 0.1) is 6.92 Å².